The first-order valence-electron chi connectivity index (χ1n) is 8.01. The lowest BCUT2D eigenvalue weighted by Crippen LogP contribution is -2.22. The molecule has 1 amide bonds. The lowest BCUT2D eigenvalue weighted by atomic mass is 10.1. The van der Waals surface area contributed by atoms with Gasteiger partial charge in [-0.3, -0.25) is 9.59 Å². The first kappa shape index (κ1) is 18.9. The van der Waals surface area contributed by atoms with Crippen molar-refractivity contribution in [3.8, 4) is 0 Å². The molecule has 1 aromatic heterocycles. The number of benzene rings is 2. The quantitative estimate of drug-likeness (QED) is 0.643. The van der Waals surface area contributed by atoms with Crippen molar-refractivity contribution in [2.45, 2.75) is 20.4 Å². The minimum atomic E-state index is -1.12. The summed E-state index contributed by atoms with van der Waals surface area (Å²) in [5.41, 5.74) is 2.75. The summed E-state index contributed by atoms with van der Waals surface area (Å²) in [6.07, 6.45) is 0. The van der Waals surface area contributed by atoms with Crippen molar-refractivity contribution < 1.29 is 23.1 Å². The van der Waals surface area contributed by atoms with Crippen LogP contribution >= 0.6 is 11.3 Å². The van der Waals surface area contributed by atoms with E-state index in [4.69, 9.17) is 4.74 Å². The Balaban J connectivity index is 2.17. The van der Waals surface area contributed by atoms with Gasteiger partial charge in [0.15, 0.2) is 16.4 Å². The number of hydrogen-bond donors (Lipinski definition) is 0. The van der Waals surface area contributed by atoms with Gasteiger partial charge >= 0.3 is 5.97 Å². The van der Waals surface area contributed by atoms with E-state index in [1.165, 1.54) is 18.4 Å². The Morgan fingerprint density at radius 3 is 2.48 bits per heavy atom. The Labute approximate surface area is 157 Å². The molecule has 0 saturated carbocycles. The Hall–Kier alpha value is -2.87. The number of halogens is 2. The van der Waals surface area contributed by atoms with E-state index in [1.807, 2.05) is 26.0 Å². The van der Waals surface area contributed by atoms with Crippen LogP contribution in [-0.2, 0) is 16.1 Å². The molecule has 0 aliphatic rings. The number of esters is 1. The maximum Gasteiger partial charge on any atom is 0.325 e. The molecule has 0 spiro atoms. The average Bonchev–Trinajstić information content (AvgIpc) is 2.93. The van der Waals surface area contributed by atoms with Gasteiger partial charge in [-0.1, -0.05) is 11.3 Å². The topological polar surface area (TPSA) is 60.7 Å². The van der Waals surface area contributed by atoms with Crippen LogP contribution in [-0.4, -0.2) is 23.6 Å². The van der Waals surface area contributed by atoms with Crippen LogP contribution in [0.25, 0.3) is 10.2 Å². The van der Waals surface area contributed by atoms with E-state index in [1.54, 1.807) is 4.57 Å². The molecule has 3 rings (SSSR count). The first-order chi connectivity index (χ1) is 12.8. The van der Waals surface area contributed by atoms with Gasteiger partial charge in [0, 0.05) is 5.56 Å². The number of amides is 1. The van der Waals surface area contributed by atoms with Gasteiger partial charge in [-0.2, -0.15) is 4.99 Å². The smallest absolute Gasteiger partial charge is 0.325 e. The van der Waals surface area contributed by atoms with Crippen LogP contribution in [0.2, 0.25) is 0 Å². The highest BCUT2D eigenvalue weighted by Crippen LogP contribution is 2.22. The fraction of sp³-hybridized carbons (Fsp3) is 0.211. The largest absolute Gasteiger partial charge is 0.468 e. The molecule has 0 aliphatic carbocycles. The predicted molar refractivity (Wildman–Crippen MR) is 97.6 cm³/mol. The lowest BCUT2D eigenvalue weighted by Gasteiger charge is -2.05. The molecule has 0 unspecified atom stereocenters. The molecule has 0 fully saturated rings. The molecular weight excluding hydrogens is 374 g/mol. The van der Waals surface area contributed by atoms with Crippen LogP contribution in [0.4, 0.5) is 8.78 Å². The molecule has 8 heteroatoms. The monoisotopic (exact) mass is 390 g/mol. The van der Waals surface area contributed by atoms with Crippen LogP contribution in [0.5, 0.6) is 0 Å². The number of carbonyl (C=O) groups excluding carboxylic acids is 2. The third-order valence-corrected chi connectivity index (χ3v) is 5.22. The highest BCUT2D eigenvalue weighted by atomic mass is 32.1. The summed E-state index contributed by atoms with van der Waals surface area (Å²) >= 11 is 1.23. The van der Waals surface area contributed by atoms with Crippen molar-refractivity contribution in [3.63, 3.8) is 0 Å². The van der Waals surface area contributed by atoms with E-state index in [0.29, 0.717) is 0 Å². The Morgan fingerprint density at radius 2 is 1.81 bits per heavy atom. The molecule has 0 N–H and O–H groups in total. The molecule has 0 atom stereocenters. The third kappa shape index (κ3) is 3.80. The number of hydrogen-bond acceptors (Lipinski definition) is 4. The van der Waals surface area contributed by atoms with E-state index >= 15 is 0 Å². The predicted octanol–water partition coefficient (Wildman–Crippen LogP) is 3.51. The number of thiazole rings is 1. The van der Waals surface area contributed by atoms with Crippen molar-refractivity contribution in [2.24, 2.45) is 4.99 Å². The second-order valence-corrected chi connectivity index (χ2v) is 7.01. The summed E-state index contributed by atoms with van der Waals surface area (Å²) < 4.78 is 33.6. The number of rotatable bonds is 3. The molecular formula is C19H16F2N2O3S. The van der Waals surface area contributed by atoms with Crippen LogP contribution in [0, 0.1) is 25.5 Å². The summed E-state index contributed by atoms with van der Waals surface area (Å²) in [7, 11) is 1.27. The number of methoxy groups -OCH3 is 1. The van der Waals surface area contributed by atoms with Crippen molar-refractivity contribution >= 4 is 33.4 Å². The van der Waals surface area contributed by atoms with Crippen molar-refractivity contribution in [3.05, 3.63) is 63.5 Å². The summed E-state index contributed by atoms with van der Waals surface area (Å²) in [4.78, 5) is 28.5. The Kier molecular flexibility index (Phi) is 5.18. The summed E-state index contributed by atoms with van der Waals surface area (Å²) in [5.74, 6) is -3.39. The zero-order chi connectivity index (χ0) is 19.7. The number of aryl methyl sites for hydroxylation is 2. The van der Waals surface area contributed by atoms with E-state index in [2.05, 4.69) is 4.99 Å². The van der Waals surface area contributed by atoms with Crippen LogP contribution in [0.3, 0.4) is 0 Å². The van der Waals surface area contributed by atoms with Gasteiger partial charge in [-0.15, -0.1) is 0 Å². The van der Waals surface area contributed by atoms with Gasteiger partial charge in [-0.05, 0) is 55.3 Å². The van der Waals surface area contributed by atoms with Gasteiger partial charge in [0.25, 0.3) is 5.91 Å². The summed E-state index contributed by atoms with van der Waals surface area (Å²) in [6.45, 7) is 3.78. The van der Waals surface area contributed by atoms with Gasteiger partial charge in [0.1, 0.15) is 6.54 Å². The van der Waals surface area contributed by atoms with Crippen LogP contribution in [0.15, 0.2) is 35.3 Å². The van der Waals surface area contributed by atoms with Crippen molar-refractivity contribution in [1.29, 1.82) is 0 Å². The standard InChI is InChI=1S/C19H16F2N2O3S/c1-10-6-15-16(7-11(10)2)27-19(23(15)9-17(24)26-3)22-18(25)12-4-5-13(20)14(21)8-12/h4-8H,9H2,1-3H3. The normalized spacial score (nSPS) is 11.8. The van der Waals surface area contributed by atoms with Crippen LogP contribution < -0.4 is 4.80 Å². The van der Waals surface area contributed by atoms with Gasteiger partial charge in [-0.25, -0.2) is 8.78 Å². The first-order valence-corrected chi connectivity index (χ1v) is 8.83. The highest BCUT2D eigenvalue weighted by molar-refractivity contribution is 7.16. The lowest BCUT2D eigenvalue weighted by molar-refractivity contribution is -0.141. The number of nitrogens with zero attached hydrogens (tertiary/aromatic N) is 2. The molecule has 5 nitrogen and oxygen atoms in total. The average molecular weight is 390 g/mol. The third-order valence-electron chi connectivity index (χ3n) is 4.18. The van der Waals surface area contributed by atoms with Crippen LogP contribution in [0.1, 0.15) is 21.5 Å². The number of aromatic nitrogens is 1. The molecule has 2 aromatic carbocycles. The Morgan fingerprint density at radius 1 is 1.11 bits per heavy atom. The maximum atomic E-state index is 13.4. The van der Waals surface area contributed by atoms with Gasteiger partial charge in [0.05, 0.1) is 17.3 Å². The van der Waals surface area contributed by atoms with Crippen molar-refractivity contribution in [2.75, 3.05) is 7.11 Å². The second kappa shape index (κ2) is 7.40. The molecule has 0 saturated heterocycles. The molecule has 0 aliphatic heterocycles. The van der Waals surface area contributed by atoms with Crippen molar-refractivity contribution in [1.82, 2.24) is 4.57 Å². The molecule has 140 valence electrons. The zero-order valence-corrected chi connectivity index (χ0v) is 15.7. The molecule has 27 heavy (non-hydrogen) atoms. The van der Waals surface area contributed by atoms with Gasteiger partial charge in [0.2, 0.25) is 0 Å². The van der Waals surface area contributed by atoms with E-state index < -0.39 is 23.5 Å². The number of ether oxygens (including phenoxy) is 1. The highest BCUT2D eigenvalue weighted by Gasteiger charge is 2.14. The fourth-order valence-electron chi connectivity index (χ4n) is 2.53. The fourth-order valence-corrected chi connectivity index (χ4v) is 3.64. The Bertz CT molecular complexity index is 1130. The maximum absolute atomic E-state index is 13.4. The second-order valence-electron chi connectivity index (χ2n) is 6.00. The zero-order valence-electron chi connectivity index (χ0n) is 14.9. The number of carbonyl (C=O) groups is 2. The molecule has 3 aromatic rings. The number of fused-ring (bicyclic) bond motifs is 1. The minimum absolute atomic E-state index is 0.0802. The molecule has 0 bridgehead atoms. The molecule has 1 heterocycles. The van der Waals surface area contributed by atoms with Gasteiger partial charge < -0.3 is 9.30 Å². The van der Waals surface area contributed by atoms with E-state index in [9.17, 15) is 18.4 Å². The molecule has 0 radical (unpaired) electrons. The SMILES string of the molecule is COC(=O)Cn1c(=NC(=O)c2ccc(F)c(F)c2)sc2cc(C)c(C)cc21. The summed E-state index contributed by atoms with van der Waals surface area (Å²) in [6, 6.07) is 6.69. The van der Waals surface area contributed by atoms with E-state index in [-0.39, 0.29) is 16.9 Å². The minimum Gasteiger partial charge on any atom is -0.468 e. The van der Waals surface area contributed by atoms with E-state index in [0.717, 1.165) is 39.5 Å². The summed E-state index contributed by atoms with van der Waals surface area (Å²) in [5, 5.41) is 0.